The van der Waals surface area contributed by atoms with Gasteiger partial charge in [0.1, 0.15) is 0 Å². The lowest BCUT2D eigenvalue weighted by Gasteiger charge is -2.06. The fourth-order valence-corrected chi connectivity index (χ4v) is 3.50. The van der Waals surface area contributed by atoms with Gasteiger partial charge in [-0.2, -0.15) is 0 Å². The third kappa shape index (κ3) is 3.33. The molecule has 1 heterocycles. The van der Waals surface area contributed by atoms with Crippen LogP contribution in [0, 0.1) is 0 Å². The van der Waals surface area contributed by atoms with Crippen LogP contribution in [0.3, 0.4) is 0 Å². The third-order valence-electron chi connectivity index (χ3n) is 2.30. The molecule has 0 atom stereocenters. The van der Waals surface area contributed by atoms with Gasteiger partial charge in [0.15, 0.2) is 10.2 Å². The summed E-state index contributed by atoms with van der Waals surface area (Å²) in [6.07, 6.45) is 0. The van der Waals surface area contributed by atoms with Gasteiger partial charge in [-0.1, -0.05) is 39.9 Å². The minimum atomic E-state index is 0.0292. The molecule has 1 aromatic carbocycles. The van der Waals surface area contributed by atoms with Crippen LogP contribution in [-0.4, -0.2) is 35.3 Å². The Hall–Kier alpha value is -1.51. The molecule has 3 N–H and O–H groups in total. The number of halogens is 1. The average Bonchev–Trinajstić information content (AvgIpc) is 2.87. The first-order valence-electron chi connectivity index (χ1n) is 5.47. The Morgan fingerprint density at radius 2 is 2.20 bits per heavy atom. The van der Waals surface area contributed by atoms with Gasteiger partial charge in [-0.05, 0) is 18.2 Å². The molecule has 2 rings (SSSR count). The van der Waals surface area contributed by atoms with Gasteiger partial charge in [0, 0.05) is 29.6 Å². The fourth-order valence-electron chi connectivity index (χ4n) is 1.36. The smallest absolute Gasteiger partial charge is 0.208 e. The van der Waals surface area contributed by atoms with Crippen molar-refractivity contribution in [3.63, 3.8) is 0 Å². The molecule has 0 aliphatic rings. The Bertz CT molecular complexity index is 643. The van der Waals surface area contributed by atoms with Crippen LogP contribution in [0.25, 0.3) is 0 Å². The first kappa shape index (κ1) is 14.9. The predicted molar refractivity (Wildman–Crippen MR) is 82.3 cm³/mol. The zero-order valence-corrected chi connectivity index (χ0v) is 13.1. The molecule has 1 aromatic heterocycles. The molecule has 0 unspecified atom stereocenters. The van der Waals surface area contributed by atoms with Crippen LogP contribution in [0.5, 0.6) is 0 Å². The van der Waals surface area contributed by atoms with E-state index in [-0.39, 0.29) is 5.84 Å². The summed E-state index contributed by atoms with van der Waals surface area (Å²) in [6, 6.07) is 5.13. The second kappa shape index (κ2) is 6.29. The maximum atomic E-state index is 8.81. The van der Waals surface area contributed by atoms with Crippen molar-refractivity contribution >= 4 is 45.7 Å². The van der Waals surface area contributed by atoms with Gasteiger partial charge in [-0.15, -0.1) is 10.2 Å². The highest BCUT2D eigenvalue weighted by Gasteiger charge is 2.13. The van der Waals surface area contributed by atoms with E-state index in [1.807, 2.05) is 19.0 Å². The van der Waals surface area contributed by atoms with Crippen molar-refractivity contribution in [2.24, 2.45) is 10.9 Å². The SMILES string of the molecule is CN(C)c1nnc(Sc2cc(Cl)ccc2C(N)=NO)s1. The summed E-state index contributed by atoms with van der Waals surface area (Å²) in [7, 11) is 3.80. The maximum absolute atomic E-state index is 8.81. The third-order valence-corrected chi connectivity index (χ3v) is 4.74. The molecule has 0 aliphatic carbocycles. The number of nitrogens with two attached hydrogens (primary N) is 1. The van der Waals surface area contributed by atoms with Gasteiger partial charge in [-0.25, -0.2) is 0 Å². The summed E-state index contributed by atoms with van der Waals surface area (Å²) in [6.45, 7) is 0. The molecule has 0 amide bonds. The van der Waals surface area contributed by atoms with Gasteiger partial charge in [0.25, 0.3) is 0 Å². The minimum Gasteiger partial charge on any atom is -0.409 e. The summed E-state index contributed by atoms with van der Waals surface area (Å²) in [5, 5.41) is 21.4. The van der Waals surface area contributed by atoms with Crippen molar-refractivity contribution in [2.45, 2.75) is 9.24 Å². The van der Waals surface area contributed by atoms with Crippen LogP contribution in [0.2, 0.25) is 5.02 Å². The van der Waals surface area contributed by atoms with E-state index in [9.17, 15) is 0 Å². The lowest BCUT2D eigenvalue weighted by Crippen LogP contribution is -2.14. The molecule has 6 nitrogen and oxygen atoms in total. The van der Waals surface area contributed by atoms with E-state index in [2.05, 4.69) is 15.4 Å². The van der Waals surface area contributed by atoms with Crippen LogP contribution in [0.1, 0.15) is 5.56 Å². The molecule has 0 fully saturated rings. The second-order valence-electron chi connectivity index (χ2n) is 3.97. The minimum absolute atomic E-state index is 0.0292. The van der Waals surface area contributed by atoms with E-state index in [1.165, 1.54) is 23.1 Å². The van der Waals surface area contributed by atoms with Crippen LogP contribution >= 0.6 is 34.7 Å². The Kier molecular flexibility index (Phi) is 4.69. The molecule has 9 heteroatoms. The number of amidine groups is 1. The number of rotatable bonds is 4. The summed E-state index contributed by atoms with van der Waals surface area (Å²) in [4.78, 5) is 2.64. The predicted octanol–water partition coefficient (Wildman–Crippen LogP) is 2.50. The Balaban J connectivity index is 2.34. The van der Waals surface area contributed by atoms with Crippen molar-refractivity contribution in [3.8, 4) is 0 Å². The Morgan fingerprint density at radius 3 is 2.80 bits per heavy atom. The summed E-state index contributed by atoms with van der Waals surface area (Å²) < 4.78 is 0.753. The molecule has 0 spiro atoms. The van der Waals surface area contributed by atoms with Crippen LogP contribution in [0.15, 0.2) is 32.6 Å². The van der Waals surface area contributed by atoms with E-state index in [1.54, 1.807) is 18.2 Å². The number of oxime groups is 1. The molecule has 0 bridgehead atoms. The molecular weight excluding hydrogens is 318 g/mol. The molecule has 0 saturated carbocycles. The van der Waals surface area contributed by atoms with E-state index in [0.29, 0.717) is 10.6 Å². The standard InChI is InChI=1S/C11H12ClN5OS2/c1-17(2)10-14-15-11(20-10)19-8-5-6(12)3-4-7(8)9(13)16-18/h3-5,18H,1-2H3,(H2,13,16). The molecule has 106 valence electrons. The number of anilines is 1. The Morgan fingerprint density at radius 1 is 1.45 bits per heavy atom. The fraction of sp³-hybridized carbons (Fsp3) is 0.182. The van der Waals surface area contributed by atoms with Gasteiger partial charge in [0.2, 0.25) is 5.13 Å². The van der Waals surface area contributed by atoms with Gasteiger partial charge < -0.3 is 15.8 Å². The van der Waals surface area contributed by atoms with Crippen molar-refractivity contribution in [1.82, 2.24) is 10.2 Å². The largest absolute Gasteiger partial charge is 0.409 e. The lowest BCUT2D eigenvalue weighted by atomic mass is 10.2. The van der Waals surface area contributed by atoms with E-state index in [4.69, 9.17) is 22.5 Å². The van der Waals surface area contributed by atoms with Crippen LogP contribution < -0.4 is 10.6 Å². The highest BCUT2D eigenvalue weighted by atomic mass is 35.5. The maximum Gasteiger partial charge on any atom is 0.208 e. The van der Waals surface area contributed by atoms with Crippen molar-refractivity contribution in [2.75, 3.05) is 19.0 Å². The highest BCUT2D eigenvalue weighted by Crippen LogP contribution is 2.35. The van der Waals surface area contributed by atoms with E-state index < -0.39 is 0 Å². The van der Waals surface area contributed by atoms with Crippen molar-refractivity contribution in [1.29, 1.82) is 0 Å². The normalized spacial score (nSPS) is 11.7. The number of benzene rings is 1. The monoisotopic (exact) mass is 329 g/mol. The number of hydrogen-bond donors (Lipinski definition) is 2. The van der Waals surface area contributed by atoms with Crippen molar-refractivity contribution in [3.05, 3.63) is 28.8 Å². The topological polar surface area (TPSA) is 87.6 Å². The number of hydrogen-bond acceptors (Lipinski definition) is 7. The van der Waals surface area contributed by atoms with Gasteiger partial charge in [0.05, 0.1) is 0 Å². The second-order valence-corrected chi connectivity index (χ2v) is 6.65. The molecule has 0 radical (unpaired) electrons. The first-order valence-corrected chi connectivity index (χ1v) is 7.48. The van der Waals surface area contributed by atoms with E-state index in [0.717, 1.165) is 14.4 Å². The lowest BCUT2D eigenvalue weighted by molar-refractivity contribution is 0.318. The summed E-state index contributed by atoms with van der Waals surface area (Å²) >= 11 is 8.81. The zero-order chi connectivity index (χ0) is 14.7. The van der Waals surface area contributed by atoms with Crippen LogP contribution in [-0.2, 0) is 0 Å². The molecule has 2 aromatic rings. The summed E-state index contributed by atoms with van der Waals surface area (Å²) in [5.41, 5.74) is 6.26. The molecule has 20 heavy (non-hydrogen) atoms. The van der Waals surface area contributed by atoms with Crippen molar-refractivity contribution < 1.29 is 5.21 Å². The number of aromatic nitrogens is 2. The molecule has 0 aliphatic heterocycles. The molecular formula is C11H12ClN5OS2. The Labute approximate surface area is 129 Å². The quantitative estimate of drug-likeness (QED) is 0.388. The average molecular weight is 330 g/mol. The van der Waals surface area contributed by atoms with Gasteiger partial charge >= 0.3 is 0 Å². The molecule has 0 saturated heterocycles. The highest BCUT2D eigenvalue weighted by molar-refractivity contribution is 8.01. The summed E-state index contributed by atoms with van der Waals surface area (Å²) in [5.74, 6) is 0.0292. The first-order chi connectivity index (χ1) is 9.51. The van der Waals surface area contributed by atoms with Gasteiger partial charge in [-0.3, -0.25) is 0 Å². The number of nitrogens with zero attached hydrogens (tertiary/aromatic N) is 4. The van der Waals surface area contributed by atoms with Crippen LogP contribution in [0.4, 0.5) is 5.13 Å². The zero-order valence-electron chi connectivity index (χ0n) is 10.7. The van der Waals surface area contributed by atoms with E-state index >= 15 is 0 Å².